The van der Waals surface area contributed by atoms with Crippen molar-refractivity contribution in [1.82, 2.24) is 4.31 Å². The summed E-state index contributed by atoms with van der Waals surface area (Å²) < 4.78 is 31.9. The summed E-state index contributed by atoms with van der Waals surface area (Å²) in [5.41, 5.74) is 1.09. The highest BCUT2D eigenvalue weighted by molar-refractivity contribution is 7.93. The Kier molecular flexibility index (Phi) is 4.51. The second-order valence-electron chi connectivity index (χ2n) is 8.37. The Balaban J connectivity index is 2.21. The molecule has 1 atom stereocenters. The van der Waals surface area contributed by atoms with E-state index in [2.05, 4.69) is 0 Å². The van der Waals surface area contributed by atoms with Gasteiger partial charge in [-0.2, -0.15) is 0 Å². The van der Waals surface area contributed by atoms with Gasteiger partial charge in [0, 0.05) is 30.1 Å². The van der Waals surface area contributed by atoms with Crippen molar-refractivity contribution in [3.05, 3.63) is 33.7 Å². The molecule has 3 rings (SSSR count). The maximum absolute atomic E-state index is 12.4. The summed E-state index contributed by atoms with van der Waals surface area (Å²) in [6.07, 6.45) is 1.17. The van der Waals surface area contributed by atoms with Gasteiger partial charge in [0.05, 0.1) is 16.9 Å². The molecule has 1 saturated heterocycles. The van der Waals surface area contributed by atoms with Crippen molar-refractivity contribution in [2.24, 2.45) is 0 Å². The van der Waals surface area contributed by atoms with Crippen LogP contribution in [0, 0.1) is 0 Å². The minimum atomic E-state index is -3.41. The van der Waals surface area contributed by atoms with Gasteiger partial charge < -0.3 is 14.9 Å². The van der Waals surface area contributed by atoms with Gasteiger partial charge in [-0.1, -0.05) is 13.8 Å². The Hall–Kier alpha value is -1.41. The number of hydrogen-bond donors (Lipinski definition) is 2. The summed E-state index contributed by atoms with van der Waals surface area (Å²) >= 11 is 0. The molecule has 2 N–H and O–H groups in total. The fourth-order valence-electron chi connectivity index (χ4n) is 3.37. The van der Waals surface area contributed by atoms with Crippen LogP contribution in [0.3, 0.4) is 0 Å². The fraction of sp³-hybridized carbons (Fsp3) is 0.579. The Morgan fingerprint density at radius 2 is 2.04 bits per heavy atom. The maximum Gasteiger partial charge on any atom is 0.239 e. The van der Waals surface area contributed by atoms with Gasteiger partial charge in [-0.15, -0.1) is 0 Å². The number of ether oxygens (including phenoxy) is 1. The van der Waals surface area contributed by atoms with Crippen LogP contribution in [0.15, 0.2) is 17.0 Å². The molecule has 0 saturated carbocycles. The first-order valence-corrected chi connectivity index (χ1v) is 10.2. The van der Waals surface area contributed by atoms with Crippen LogP contribution in [-0.2, 0) is 20.9 Å². The molecule has 26 heavy (non-hydrogen) atoms. The van der Waals surface area contributed by atoms with Crippen LogP contribution in [0.25, 0.3) is 6.08 Å². The summed E-state index contributed by atoms with van der Waals surface area (Å²) in [5.74, 6) is 0.579. The van der Waals surface area contributed by atoms with Crippen LogP contribution in [0.4, 0.5) is 0 Å². The van der Waals surface area contributed by atoms with Gasteiger partial charge >= 0.3 is 0 Å². The lowest BCUT2D eigenvalue weighted by Gasteiger charge is -2.25. The van der Waals surface area contributed by atoms with Crippen LogP contribution in [0.2, 0.25) is 0 Å². The average molecular weight is 381 g/mol. The first kappa shape index (κ1) is 19.4. The van der Waals surface area contributed by atoms with Gasteiger partial charge in [0.25, 0.3) is 0 Å². The highest BCUT2D eigenvalue weighted by Crippen LogP contribution is 2.48. The number of nitrogens with zero attached hydrogens (tertiary/aromatic N) is 1. The standard InChI is InChI=1S/C19H27NO5S/c1-18(2,11-21)14-9-12(8-13-6-7-20(5)26(13,23)24)10-15-16(14)25-17(22)19(15,3)4/h8-10,17,21-22H,6-7,11H2,1-5H3/b13-8+. The van der Waals surface area contributed by atoms with Crippen molar-refractivity contribution in [3.8, 4) is 5.75 Å². The lowest BCUT2D eigenvalue weighted by Crippen LogP contribution is -2.31. The first-order chi connectivity index (χ1) is 11.9. The van der Waals surface area contributed by atoms with E-state index in [4.69, 9.17) is 4.74 Å². The fourth-order valence-corrected chi connectivity index (χ4v) is 4.74. The van der Waals surface area contributed by atoms with Crippen LogP contribution >= 0.6 is 0 Å². The normalized spacial score (nSPS) is 26.1. The van der Waals surface area contributed by atoms with Crippen molar-refractivity contribution in [2.75, 3.05) is 20.2 Å². The van der Waals surface area contributed by atoms with E-state index >= 15 is 0 Å². The number of sulfonamides is 1. The molecule has 6 nitrogen and oxygen atoms in total. The van der Waals surface area contributed by atoms with E-state index in [1.807, 2.05) is 39.8 Å². The Labute approximate surface area is 155 Å². The van der Waals surface area contributed by atoms with Gasteiger partial charge in [0.2, 0.25) is 16.3 Å². The summed E-state index contributed by atoms with van der Waals surface area (Å²) in [6, 6.07) is 3.73. The molecule has 1 aromatic carbocycles. The summed E-state index contributed by atoms with van der Waals surface area (Å²) in [6.45, 7) is 7.93. The van der Waals surface area contributed by atoms with Gasteiger partial charge in [-0.05, 0) is 44.0 Å². The molecule has 0 bridgehead atoms. The van der Waals surface area contributed by atoms with Gasteiger partial charge in [-0.3, -0.25) is 0 Å². The van der Waals surface area contributed by atoms with Crippen LogP contribution < -0.4 is 4.74 Å². The third kappa shape index (κ3) is 2.87. The monoisotopic (exact) mass is 381 g/mol. The molecule has 1 aromatic rings. The van der Waals surface area contributed by atoms with Gasteiger partial charge in [0.15, 0.2) is 0 Å². The number of rotatable bonds is 3. The molecule has 7 heteroatoms. The summed E-state index contributed by atoms with van der Waals surface area (Å²) in [5, 5.41) is 20.2. The molecule has 0 amide bonds. The molecular formula is C19H27NO5S. The van der Waals surface area contributed by atoms with Crippen molar-refractivity contribution >= 4 is 16.1 Å². The SMILES string of the molecule is CN1CC/C(=C\c2cc(C(C)(C)CO)c3c(c2)C(C)(C)C(O)O3)S1(=O)=O. The smallest absolute Gasteiger partial charge is 0.239 e. The van der Waals surface area contributed by atoms with Crippen molar-refractivity contribution < 1.29 is 23.4 Å². The molecule has 144 valence electrons. The Bertz CT molecular complexity index is 870. The number of hydrogen-bond acceptors (Lipinski definition) is 5. The number of aliphatic hydroxyl groups is 2. The lowest BCUT2D eigenvalue weighted by molar-refractivity contribution is -0.0458. The first-order valence-electron chi connectivity index (χ1n) is 8.73. The zero-order valence-corrected chi connectivity index (χ0v) is 16.7. The largest absolute Gasteiger partial charge is 0.464 e. The molecule has 0 spiro atoms. The summed E-state index contributed by atoms with van der Waals surface area (Å²) in [4.78, 5) is 0.380. The van der Waals surface area contributed by atoms with Crippen molar-refractivity contribution in [3.63, 3.8) is 0 Å². The molecule has 1 unspecified atom stereocenters. The number of aliphatic hydroxyl groups excluding tert-OH is 2. The van der Waals surface area contributed by atoms with E-state index in [1.165, 1.54) is 4.31 Å². The molecule has 0 radical (unpaired) electrons. The van der Waals surface area contributed by atoms with E-state index in [-0.39, 0.29) is 6.61 Å². The van der Waals surface area contributed by atoms with E-state index in [0.717, 1.165) is 16.7 Å². The lowest BCUT2D eigenvalue weighted by atomic mass is 9.78. The van der Waals surface area contributed by atoms with Crippen LogP contribution in [0.1, 0.15) is 50.8 Å². The quantitative estimate of drug-likeness (QED) is 0.836. The molecule has 2 aliphatic heterocycles. The summed E-state index contributed by atoms with van der Waals surface area (Å²) in [7, 11) is -1.83. The Morgan fingerprint density at radius 1 is 1.38 bits per heavy atom. The topological polar surface area (TPSA) is 87.1 Å². The molecule has 2 heterocycles. The van der Waals surface area contributed by atoms with E-state index in [9.17, 15) is 18.6 Å². The number of benzene rings is 1. The van der Waals surface area contributed by atoms with E-state index in [1.54, 1.807) is 13.1 Å². The zero-order valence-electron chi connectivity index (χ0n) is 15.9. The number of fused-ring (bicyclic) bond motifs is 1. The van der Waals surface area contributed by atoms with E-state index in [0.29, 0.717) is 23.6 Å². The highest BCUT2D eigenvalue weighted by atomic mass is 32.2. The highest BCUT2D eigenvalue weighted by Gasteiger charge is 2.44. The molecular weight excluding hydrogens is 354 g/mol. The predicted octanol–water partition coefficient (Wildman–Crippen LogP) is 1.95. The maximum atomic E-state index is 12.4. The zero-order chi connectivity index (χ0) is 19.5. The van der Waals surface area contributed by atoms with Gasteiger partial charge in [-0.25, -0.2) is 12.7 Å². The molecule has 1 fully saturated rings. The minimum Gasteiger partial charge on any atom is -0.464 e. The third-order valence-corrected chi connectivity index (χ3v) is 7.51. The van der Waals surface area contributed by atoms with Crippen LogP contribution in [0.5, 0.6) is 5.75 Å². The van der Waals surface area contributed by atoms with E-state index < -0.39 is 27.1 Å². The Morgan fingerprint density at radius 3 is 2.58 bits per heavy atom. The molecule has 0 aliphatic carbocycles. The second kappa shape index (κ2) is 6.05. The van der Waals surface area contributed by atoms with Crippen LogP contribution in [-0.4, -0.2) is 49.4 Å². The third-order valence-electron chi connectivity index (χ3n) is 5.52. The van der Waals surface area contributed by atoms with Crippen molar-refractivity contribution in [1.29, 1.82) is 0 Å². The molecule has 0 aromatic heterocycles. The van der Waals surface area contributed by atoms with Gasteiger partial charge in [0.1, 0.15) is 5.75 Å². The van der Waals surface area contributed by atoms with Crippen molar-refractivity contribution in [2.45, 2.75) is 51.2 Å². The second-order valence-corrected chi connectivity index (χ2v) is 10.5. The molecule has 2 aliphatic rings. The minimum absolute atomic E-state index is 0.0968. The predicted molar refractivity (Wildman–Crippen MR) is 100 cm³/mol. The average Bonchev–Trinajstić information content (AvgIpc) is 2.94.